The van der Waals surface area contributed by atoms with Crippen molar-refractivity contribution in [2.24, 2.45) is 5.92 Å². The number of aromatic nitrogens is 1. The number of benzene rings is 2. The highest BCUT2D eigenvalue weighted by Crippen LogP contribution is 2.35. The van der Waals surface area contributed by atoms with Gasteiger partial charge in [0.05, 0.1) is 6.04 Å². The van der Waals surface area contributed by atoms with Crippen molar-refractivity contribution in [3.8, 4) is 5.75 Å². The van der Waals surface area contributed by atoms with Gasteiger partial charge in [-0.15, -0.1) is 0 Å². The first-order valence-corrected chi connectivity index (χ1v) is 11.7. The van der Waals surface area contributed by atoms with Gasteiger partial charge in [0.2, 0.25) is 5.43 Å². The quantitative estimate of drug-likeness (QED) is 0.616. The summed E-state index contributed by atoms with van der Waals surface area (Å²) in [5.74, 6) is -0.240. The molecular formula is C27H29N3O3. The summed E-state index contributed by atoms with van der Waals surface area (Å²) in [4.78, 5) is 27.4. The van der Waals surface area contributed by atoms with Crippen molar-refractivity contribution < 1.29 is 9.90 Å². The zero-order valence-electron chi connectivity index (χ0n) is 18.9. The first-order valence-electron chi connectivity index (χ1n) is 11.7. The van der Waals surface area contributed by atoms with E-state index in [9.17, 15) is 14.7 Å². The molecule has 0 spiro atoms. The molecule has 2 unspecified atom stereocenters. The minimum atomic E-state index is -0.539. The van der Waals surface area contributed by atoms with Crippen LogP contribution in [0.25, 0.3) is 0 Å². The van der Waals surface area contributed by atoms with E-state index in [1.165, 1.54) is 17.2 Å². The predicted octanol–water partition coefficient (Wildman–Crippen LogP) is 4.06. The molecule has 1 aromatic heterocycles. The Hall–Kier alpha value is -3.54. The van der Waals surface area contributed by atoms with Crippen LogP contribution in [0.2, 0.25) is 0 Å². The first-order chi connectivity index (χ1) is 16.0. The zero-order valence-corrected chi connectivity index (χ0v) is 18.9. The van der Waals surface area contributed by atoms with Crippen molar-refractivity contribution in [1.29, 1.82) is 0 Å². The van der Waals surface area contributed by atoms with Crippen molar-refractivity contribution in [1.82, 2.24) is 9.58 Å². The highest BCUT2D eigenvalue weighted by Gasteiger charge is 2.37. The van der Waals surface area contributed by atoms with Crippen LogP contribution in [0.4, 0.5) is 0 Å². The van der Waals surface area contributed by atoms with Gasteiger partial charge in [-0.3, -0.25) is 19.3 Å². The number of nitrogens with zero attached hydrogens (tertiary/aromatic N) is 3. The predicted molar refractivity (Wildman–Crippen MR) is 128 cm³/mol. The average molecular weight is 444 g/mol. The second-order valence-corrected chi connectivity index (χ2v) is 9.17. The molecule has 0 saturated heterocycles. The molecule has 1 amide bonds. The van der Waals surface area contributed by atoms with E-state index < -0.39 is 11.2 Å². The van der Waals surface area contributed by atoms with Crippen LogP contribution in [-0.2, 0) is 6.42 Å². The van der Waals surface area contributed by atoms with E-state index in [-0.39, 0.29) is 17.6 Å². The summed E-state index contributed by atoms with van der Waals surface area (Å²) in [6, 6.07) is 19.9. The first kappa shape index (κ1) is 21.3. The summed E-state index contributed by atoms with van der Waals surface area (Å²) in [5.41, 5.74) is 3.05. The smallest absolute Gasteiger partial charge is 0.277 e. The average Bonchev–Trinajstić information content (AvgIpc) is 2.83. The lowest BCUT2D eigenvalue weighted by atomic mass is 9.89. The maximum atomic E-state index is 13.4. The fourth-order valence-electron chi connectivity index (χ4n) is 5.12. The molecule has 5 rings (SSSR count). The molecule has 170 valence electrons. The minimum Gasteiger partial charge on any atom is -0.502 e. The third-order valence-electron chi connectivity index (χ3n) is 6.93. The number of fused-ring (bicyclic) bond motifs is 5. The maximum Gasteiger partial charge on any atom is 0.277 e. The molecule has 2 aliphatic heterocycles. The van der Waals surface area contributed by atoms with Crippen molar-refractivity contribution in [3.63, 3.8) is 0 Å². The van der Waals surface area contributed by atoms with Crippen LogP contribution in [0.3, 0.4) is 0 Å². The van der Waals surface area contributed by atoms with Crippen LogP contribution in [0.5, 0.6) is 5.75 Å². The number of amides is 1. The lowest BCUT2D eigenvalue weighted by molar-refractivity contribution is 0.0673. The molecule has 3 heterocycles. The molecule has 6 nitrogen and oxygen atoms in total. The van der Waals surface area contributed by atoms with Crippen molar-refractivity contribution in [2.45, 2.75) is 38.6 Å². The van der Waals surface area contributed by atoms with E-state index in [1.54, 1.807) is 15.8 Å². The van der Waals surface area contributed by atoms with Crippen LogP contribution < -0.4 is 10.4 Å². The van der Waals surface area contributed by atoms with Gasteiger partial charge in [-0.2, -0.15) is 0 Å². The van der Waals surface area contributed by atoms with Crippen LogP contribution in [0.15, 0.2) is 71.7 Å². The van der Waals surface area contributed by atoms with Crippen molar-refractivity contribution >= 4 is 5.91 Å². The number of hydrogen-bond donors (Lipinski definition) is 1. The van der Waals surface area contributed by atoms with Gasteiger partial charge < -0.3 is 10.0 Å². The Kier molecular flexibility index (Phi) is 5.67. The fourth-order valence-corrected chi connectivity index (χ4v) is 5.12. The van der Waals surface area contributed by atoms with Gasteiger partial charge in [0.15, 0.2) is 11.4 Å². The Balaban J connectivity index is 1.76. The number of aromatic hydroxyl groups is 1. The highest BCUT2D eigenvalue weighted by atomic mass is 16.3. The topological polar surface area (TPSA) is 65.8 Å². The molecule has 0 aliphatic carbocycles. The standard InChI is InChI=1S/C27H29N3O3/c1-19-8-7-16-28-18-30(29-17-15-23(31)26(32)25(29)27(28)33)24(21-10-3-2-4-11-21)22-12-6-5-9-20(22)14-13-19/h2-6,9-12,15,17,19,24,32H,7-8,13-14,16,18H2,1H3. The molecule has 2 bridgehead atoms. The Bertz CT molecular complexity index is 1220. The van der Waals surface area contributed by atoms with E-state index in [4.69, 9.17) is 0 Å². The fraction of sp³-hybridized carbons (Fsp3) is 0.333. The van der Waals surface area contributed by atoms with E-state index in [1.807, 2.05) is 18.2 Å². The summed E-state index contributed by atoms with van der Waals surface area (Å²) in [5, 5.41) is 12.7. The molecule has 0 saturated carbocycles. The molecule has 2 aromatic carbocycles. The van der Waals surface area contributed by atoms with E-state index >= 15 is 0 Å². The van der Waals surface area contributed by atoms with Crippen LogP contribution in [0.1, 0.15) is 59.4 Å². The monoisotopic (exact) mass is 443 g/mol. The van der Waals surface area contributed by atoms with Crippen LogP contribution >= 0.6 is 0 Å². The van der Waals surface area contributed by atoms with Gasteiger partial charge in [0.25, 0.3) is 5.91 Å². The zero-order chi connectivity index (χ0) is 22.9. The molecule has 2 atom stereocenters. The van der Waals surface area contributed by atoms with Gasteiger partial charge in [0.1, 0.15) is 6.67 Å². The second kappa shape index (κ2) is 8.77. The van der Waals surface area contributed by atoms with Gasteiger partial charge >= 0.3 is 0 Å². The van der Waals surface area contributed by atoms with Crippen molar-refractivity contribution in [2.75, 3.05) is 18.2 Å². The molecule has 1 N–H and O–H groups in total. The Morgan fingerprint density at radius 2 is 1.70 bits per heavy atom. The number of carbonyl (C=O) groups is 1. The van der Waals surface area contributed by atoms with E-state index in [0.29, 0.717) is 19.1 Å². The van der Waals surface area contributed by atoms with E-state index in [2.05, 4.69) is 48.3 Å². The maximum absolute atomic E-state index is 13.4. The van der Waals surface area contributed by atoms with Crippen LogP contribution in [0, 0.1) is 5.92 Å². The van der Waals surface area contributed by atoms with Gasteiger partial charge in [-0.1, -0.05) is 61.5 Å². The summed E-state index contributed by atoms with van der Waals surface area (Å²) in [6.45, 7) is 3.23. The number of hydrogen-bond acceptors (Lipinski definition) is 4. The summed E-state index contributed by atoms with van der Waals surface area (Å²) in [7, 11) is 0. The van der Waals surface area contributed by atoms with Gasteiger partial charge in [-0.25, -0.2) is 0 Å². The Morgan fingerprint density at radius 3 is 2.52 bits per heavy atom. The highest BCUT2D eigenvalue weighted by molar-refractivity contribution is 5.96. The lowest BCUT2D eigenvalue weighted by Crippen LogP contribution is -2.55. The van der Waals surface area contributed by atoms with Gasteiger partial charge in [-0.05, 0) is 48.3 Å². The number of carbonyl (C=O) groups excluding carboxylic acids is 1. The molecule has 33 heavy (non-hydrogen) atoms. The Morgan fingerprint density at radius 1 is 0.939 bits per heavy atom. The molecule has 3 aromatic rings. The SMILES string of the molecule is CC1CCCN2CN(C(c3ccccc3)c3ccccc3CC1)n1ccc(=O)c(O)c1C2=O. The van der Waals surface area contributed by atoms with Crippen molar-refractivity contribution in [3.05, 3.63) is 99.5 Å². The van der Waals surface area contributed by atoms with Crippen LogP contribution in [-0.4, -0.2) is 33.8 Å². The summed E-state index contributed by atoms with van der Waals surface area (Å²) < 4.78 is 1.68. The molecule has 0 fully saturated rings. The third kappa shape index (κ3) is 3.90. The number of aryl methyl sites for hydroxylation is 1. The molecular weight excluding hydrogens is 414 g/mol. The number of pyridine rings is 1. The Labute approximate surface area is 193 Å². The molecule has 6 heteroatoms. The molecule has 2 aliphatic rings. The molecule has 0 radical (unpaired) electrons. The summed E-state index contributed by atoms with van der Waals surface area (Å²) >= 11 is 0. The lowest BCUT2D eigenvalue weighted by Gasteiger charge is -2.44. The number of rotatable bonds is 1. The normalized spacial score (nSPS) is 20.9. The summed E-state index contributed by atoms with van der Waals surface area (Å²) in [6.07, 6.45) is 5.60. The largest absolute Gasteiger partial charge is 0.502 e. The third-order valence-corrected chi connectivity index (χ3v) is 6.93. The minimum absolute atomic E-state index is 0.0391. The second-order valence-electron chi connectivity index (χ2n) is 9.17. The van der Waals surface area contributed by atoms with Gasteiger partial charge in [0, 0.05) is 18.8 Å². The van der Waals surface area contributed by atoms with E-state index in [0.717, 1.165) is 31.2 Å².